The van der Waals surface area contributed by atoms with Crippen LogP contribution < -0.4 is 5.32 Å². The van der Waals surface area contributed by atoms with E-state index in [4.69, 9.17) is 0 Å². The molecule has 0 spiro atoms. The molecule has 1 rings (SSSR count). The molecule has 1 aromatic rings. The molecule has 0 saturated carbocycles. The van der Waals surface area contributed by atoms with Crippen LogP contribution in [0.5, 0.6) is 0 Å². The number of benzene rings is 1. The van der Waals surface area contributed by atoms with Crippen molar-refractivity contribution in [2.45, 2.75) is 32.2 Å². The second kappa shape index (κ2) is 9.29. The minimum absolute atomic E-state index is 1.10. The Balaban J connectivity index is 2.13. The molecule has 0 aromatic heterocycles. The normalized spacial score (nSPS) is 11.9. The summed E-state index contributed by atoms with van der Waals surface area (Å²) in [6.07, 6.45) is 6.68. The van der Waals surface area contributed by atoms with E-state index in [0.29, 0.717) is 0 Å². The number of hydrogen-bond donors (Lipinski definition) is 1. The lowest BCUT2D eigenvalue weighted by molar-refractivity contribution is -0.903. The summed E-state index contributed by atoms with van der Waals surface area (Å²) >= 11 is 0. The number of rotatable bonds is 10. The summed E-state index contributed by atoms with van der Waals surface area (Å²) in [7, 11) is 5.96. The molecule has 0 unspecified atom stereocenters. The SMILES string of the molecule is C[N+](C)(CCCCCCNC[SiH3])Cc1ccccc1. The van der Waals surface area contributed by atoms with Crippen LogP contribution in [0.2, 0.25) is 0 Å². The van der Waals surface area contributed by atoms with Crippen LogP contribution in [0.15, 0.2) is 30.3 Å². The Hall–Kier alpha value is -0.643. The zero-order valence-electron chi connectivity index (χ0n) is 13.0. The zero-order valence-corrected chi connectivity index (χ0v) is 15.0. The first-order valence-corrected chi connectivity index (χ1v) is 9.12. The summed E-state index contributed by atoms with van der Waals surface area (Å²) in [5.74, 6) is 0. The summed E-state index contributed by atoms with van der Waals surface area (Å²) in [4.78, 5) is 0. The minimum atomic E-state index is 1.10. The van der Waals surface area contributed by atoms with Crippen molar-refractivity contribution in [2.75, 3.05) is 33.4 Å². The maximum absolute atomic E-state index is 3.45. The second-order valence-corrected chi connectivity index (χ2v) is 6.78. The molecule has 0 aliphatic heterocycles. The molecule has 0 radical (unpaired) electrons. The summed E-state index contributed by atoms with van der Waals surface area (Å²) in [6, 6.07) is 10.8. The van der Waals surface area contributed by atoms with Crippen LogP contribution in [0.3, 0.4) is 0 Å². The van der Waals surface area contributed by atoms with Gasteiger partial charge in [-0.05, 0) is 32.0 Å². The van der Waals surface area contributed by atoms with E-state index >= 15 is 0 Å². The monoisotopic (exact) mass is 279 g/mol. The predicted octanol–water partition coefficient (Wildman–Crippen LogP) is 1.74. The Morgan fingerprint density at radius 3 is 2.37 bits per heavy atom. The molecule has 0 atom stereocenters. The van der Waals surface area contributed by atoms with E-state index < -0.39 is 0 Å². The van der Waals surface area contributed by atoms with Gasteiger partial charge in [-0.25, -0.2) is 0 Å². The van der Waals surface area contributed by atoms with Crippen molar-refractivity contribution >= 4 is 10.2 Å². The molecule has 0 aliphatic rings. The van der Waals surface area contributed by atoms with E-state index in [2.05, 4.69) is 49.7 Å². The first kappa shape index (κ1) is 16.4. The van der Waals surface area contributed by atoms with Gasteiger partial charge in [0.25, 0.3) is 0 Å². The van der Waals surface area contributed by atoms with Crippen LogP contribution in [-0.4, -0.2) is 48.1 Å². The second-order valence-electron chi connectivity index (χ2n) is 6.07. The third-order valence-electron chi connectivity index (χ3n) is 3.57. The Labute approximate surface area is 122 Å². The Bertz CT molecular complexity index is 325. The third-order valence-corrected chi connectivity index (χ3v) is 4.07. The van der Waals surface area contributed by atoms with Crippen molar-refractivity contribution in [3.8, 4) is 0 Å². The van der Waals surface area contributed by atoms with Crippen LogP contribution in [-0.2, 0) is 6.54 Å². The molecule has 0 fully saturated rings. The summed E-state index contributed by atoms with van der Waals surface area (Å²) < 4.78 is 1.10. The lowest BCUT2D eigenvalue weighted by atomic mass is 10.1. The molecular weight excluding hydrogens is 248 g/mol. The molecule has 0 saturated heterocycles. The van der Waals surface area contributed by atoms with E-state index in [-0.39, 0.29) is 0 Å². The molecule has 108 valence electrons. The summed E-state index contributed by atoms with van der Waals surface area (Å²) in [5, 5.41) is 3.45. The molecule has 1 N–H and O–H groups in total. The number of unbranched alkanes of at least 4 members (excludes halogenated alkanes) is 3. The Morgan fingerprint density at radius 2 is 1.68 bits per heavy atom. The van der Waals surface area contributed by atoms with Crippen molar-refractivity contribution in [3.05, 3.63) is 35.9 Å². The quantitative estimate of drug-likeness (QED) is 0.391. The highest BCUT2D eigenvalue weighted by Crippen LogP contribution is 2.11. The van der Waals surface area contributed by atoms with Gasteiger partial charge in [0.1, 0.15) is 6.54 Å². The fourth-order valence-electron chi connectivity index (χ4n) is 2.48. The smallest absolute Gasteiger partial charge is 0.104 e. The van der Waals surface area contributed by atoms with Crippen LogP contribution in [0, 0.1) is 0 Å². The van der Waals surface area contributed by atoms with E-state index in [1.54, 1.807) is 0 Å². The van der Waals surface area contributed by atoms with Crippen LogP contribution in [0.25, 0.3) is 0 Å². The fraction of sp³-hybridized carbons (Fsp3) is 0.625. The van der Waals surface area contributed by atoms with Gasteiger partial charge in [-0.3, -0.25) is 0 Å². The highest BCUT2D eigenvalue weighted by Gasteiger charge is 2.14. The molecular formula is C16H31N2Si+. The number of nitrogens with zero attached hydrogens (tertiary/aromatic N) is 1. The predicted molar refractivity (Wildman–Crippen MR) is 88.4 cm³/mol. The summed E-state index contributed by atoms with van der Waals surface area (Å²) in [5.41, 5.74) is 1.45. The zero-order chi connectivity index (χ0) is 14.0. The van der Waals surface area contributed by atoms with E-state index in [1.807, 2.05) is 0 Å². The van der Waals surface area contributed by atoms with Crippen molar-refractivity contribution < 1.29 is 4.48 Å². The number of nitrogens with one attached hydrogen (secondary N) is 1. The van der Waals surface area contributed by atoms with E-state index in [9.17, 15) is 0 Å². The molecule has 2 nitrogen and oxygen atoms in total. The standard InChI is InChI=1S/C16H31N2Si/c1-18(2,14-16-10-6-5-7-11-16)13-9-4-3-8-12-17-15-19/h5-7,10-11,17H,3-4,8-9,12-15H2,1-2,19H3/q+1. The first-order chi connectivity index (χ1) is 9.14. The van der Waals surface area contributed by atoms with Gasteiger partial charge < -0.3 is 9.80 Å². The lowest BCUT2D eigenvalue weighted by Crippen LogP contribution is -2.39. The Kier molecular flexibility index (Phi) is 8.02. The third kappa shape index (κ3) is 8.19. The van der Waals surface area contributed by atoms with Gasteiger partial charge in [-0.1, -0.05) is 36.8 Å². The largest absolute Gasteiger partial charge is 0.325 e. The van der Waals surface area contributed by atoms with Crippen LogP contribution in [0.1, 0.15) is 31.2 Å². The van der Waals surface area contributed by atoms with Gasteiger partial charge in [-0.2, -0.15) is 0 Å². The molecule has 19 heavy (non-hydrogen) atoms. The van der Waals surface area contributed by atoms with E-state index in [0.717, 1.165) is 11.0 Å². The molecule has 3 heteroatoms. The maximum Gasteiger partial charge on any atom is 0.104 e. The molecule has 1 aromatic carbocycles. The van der Waals surface area contributed by atoms with Crippen LogP contribution >= 0.6 is 0 Å². The van der Waals surface area contributed by atoms with Gasteiger partial charge in [-0.15, -0.1) is 0 Å². The summed E-state index contributed by atoms with van der Waals surface area (Å²) in [6.45, 7) is 3.64. The topological polar surface area (TPSA) is 12.0 Å². The molecule has 0 bridgehead atoms. The van der Waals surface area contributed by atoms with Gasteiger partial charge >= 0.3 is 0 Å². The lowest BCUT2D eigenvalue weighted by Gasteiger charge is -2.30. The van der Waals surface area contributed by atoms with Gasteiger partial charge in [0.2, 0.25) is 0 Å². The van der Waals surface area contributed by atoms with Crippen molar-refractivity contribution in [2.24, 2.45) is 0 Å². The van der Waals surface area contributed by atoms with Crippen molar-refractivity contribution in [1.82, 2.24) is 5.32 Å². The van der Waals surface area contributed by atoms with Gasteiger partial charge in [0, 0.05) is 15.8 Å². The average molecular weight is 280 g/mol. The average Bonchev–Trinajstić information content (AvgIpc) is 2.38. The highest BCUT2D eigenvalue weighted by molar-refractivity contribution is 6.08. The van der Waals surface area contributed by atoms with Crippen LogP contribution in [0.4, 0.5) is 0 Å². The molecule has 0 heterocycles. The van der Waals surface area contributed by atoms with Crippen molar-refractivity contribution in [3.63, 3.8) is 0 Å². The molecule has 0 aliphatic carbocycles. The van der Waals surface area contributed by atoms with Gasteiger partial charge in [0.05, 0.1) is 20.6 Å². The maximum atomic E-state index is 3.45. The highest BCUT2D eigenvalue weighted by atomic mass is 28.1. The Morgan fingerprint density at radius 1 is 1.00 bits per heavy atom. The minimum Gasteiger partial charge on any atom is -0.325 e. The molecule has 0 amide bonds. The first-order valence-electron chi connectivity index (χ1n) is 7.71. The van der Waals surface area contributed by atoms with E-state index in [1.165, 1.54) is 60.7 Å². The fourth-order valence-corrected chi connectivity index (χ4v) is 2.83. The van der Waals surface area contributed by atoms with Crippen molar-refractivity contribution in [1.29, 1.82) is 0 Å². The number of quaternary nitrogens is 1. The number of hydrogen-bond acceptors (Lipinski definition) is 1. The van der Waals surface area contributed by atoms with Gasteiger partial charge in [0.15, 0.2) is 0 Å².